The smallest absolute Gasteiger partial charge is 0.242 e. The highest BCUT2D eigenvalue weighted by Gasteiger charge is 2.29. The molecule has 222 valence electrons. The van der Waals surface area contributed by atoms with Gasteiger partial charge in [-0.15, -0.1) is 0 Å². The second kappa shape index (κ2) is 13.7. The van der Waals surface area contributed by atoms with Crippen LogP contribution in [-0.4, -0.2) is 45.2 Å². The van der Waals surface area contributed by atoms with Crippen LogP contribution in [0.3, 0.4) is 0 Å². The molecule has 0 bridgehead atoms. The Morgan fingerprint density at radius 2 is 1.56 bits per heavy atom. The maximum atomic E-state index is 13.6. The molecule has 1 saturated carbocycles. The van der Waals surface area contributed by atoms with Gasteiger partial charge >= 0.3 is 0 Å². The van der Waals surface area contributed by atoms with Crippen LogP contribution < -0.4 is 35.6 Å². The highest BCUT2D eigenvalue weighted by atomic mass is 16.5. The van der Waals surface area contributed by atoms with Crippen LogP contribution in [0.5, 0.6) is 17.2 Å². The molecule has 0 aromatic heterocycles. The fourth-order valence-electron chi connectivity index (χ4n) is 6.05. The number of ether oxygens (including phenoxy) is 3. The number of amides is 2. The molecule has 2 aromatic rings. The molecule has 0 heterocycles. The Bertz CT molecular complexity index is 1320. The van der Waals surface area contributed by atoms with Gasteiger partial charge in [-0.1, -0.05) is 38.2 Å². The molecule has 2 amide bonds. The molecular formula is C32H43N3O6. The van der Waals surface area contributed by atoms with Crippen molar-refractivity contribution in [3.05, 3.63) is 45.6 Å². The van der Waals surface area contributed by atoms with E-state index in [1.54, 1.807) is 40.4 Å². The van der Waals surface area contributed by atoms with E-state index in [0.717, 1.165) is 42.4 Å². The van der Waals surface area contributed by atoms with Crippen LogP contribution in [0.1, 0.15) is 82.4 Å². The van der Waals surface area contributed by atoms with Crippen molar-refractivity contribution in [1.29, 1.82) is 0 Å². The number of rotatable bonds is 8. The lowest BCUT2D eigenvalue weighted by atomic mass is 9.95. The number of aryl methyl sites for hydroxylation is 1. The number of anilines is 1. The van der Waals surface area contributed by atoms with Crippen molar-refractivity contribution in [3.63, 3.8) is 0 Å². The molecule has 9 heteroatoms. The monoisotopic (exact) mass is 565 g/mol. The molecule has 41 heavy (non-hydrogen) atoms. The molecule has 2 aliphatic rings. The van der Waals surface area contributed by atoms with Crippen LogP contribution in [0, 0.1) is 0 Å². The Balaban J connectivity index is 1.74. The Morgan fingerprint density at radius 3 is 2.20 bits per heavy atom. The maximum absolute atomic E-state index is 13.6. The second-order valence-electron chi connectivity index (χ2n) is 11.0. The Hall–Kier alpha value is -3.75. The van der Waals surface area contributed by atoms with Gasteiger partial charge in [0.05, 0.1) is 33.1 Å². The van der Waals surface area contributed by atoms with E-state index in [2.05, 4.69) is 16.0 Å². The zero-order chi connectivity index (χ0) is 29.5. The minimum Gasteiger partial charge on any atom is -0.493 e. The van der Waals surface area contributed by atoms with Gasteiger partial charge < -0.3 is 30.2 Å². The fourth-order valence-corrected chi connectivity index (χ4v) is 6.05. The molecule has 0 aliphatic heterocycles. The Labute approximate surface area is 242 Å². The van der Waals surface area contributed by atoms with Crippen LogP contribution in [0.15, 0.2) is 29.1 Å². The first-order valence-corrected chi connectivity index (χ1v) is 14.6. The van der Waals surface area contributed by atoms with Gasteiger partial charge in [0.25, 0.3) is 0 Å². The standard InChI is InChI=1S/C32H43N3O6/c1-19(32(38)35-22-11-9-7-6-8-10-12-22)33-26-16-14-23-24(18-27(26)37)25(34-20(2)36)15-13-21-17-28(39-3)30(40-4)31(41-5)29(21)23/h14,16-19,22,25H,6-13,15H2,1-5H3,(H,33,37)(H,34,36)(H,35,38). The number of hydrogen-bond donors (Lipinski definition) is 3. The van der Waals surface area contributed by atoms with Crippen molar-refractivity contribution in [1.82, 2.24) is 10.6 Å². The number of fused-ring (bicyclic) bond motifs is 3. The first-order valence-electron chi connectivity index (χ1n) is 14.6. The SMILES string of the molecule is COc1cc2c(c(OC)c1OC)-c1ccc(NC(C)C(=O)NC3CCCCCCC3)c(=O)cc1C(NC(C)=O)CC2. The average Bonchev–Trinajstić information content (AvgIpc) is 3.17. The average molecular weight is 566 g/mol. The summed E-state index contributed by atoms with van der Waals surface area (Å²) in [6.45, 7) is 3.24. The summed E-state index contributed by atoms with van der Waals surface area (Å²) in [5.74, 6) is 1.17. The highest BCUT2D eigenvalue weighted by molar-refractivity contribution is 5.86. The van der Waals surface area contributed by atoms with Gasteiger partial charge in [-0.2, -0.15) is 0 Å². The van der Waals surface area contributed by atoms with Crippen molar-refractivity contribution in [3.8, 4) is 28.4 Å². The number of carbonyl (C=O) groups is 2. The zero-order valence-corrected chi connectivity index (χ0v) is 24.9. The number of carbonyl (C=O) groups excluding carboxylic acids is 2. The van der Waals surface area contributed by atoms with Crippen molar-refractivity contribution in [2.45, 2.75) is 89.8 Å². The molecule has 0 saturated heterocycles. The first kappa shape index (κ1) is 30.2. The van der Waals surface area contributed by atoms with E-state index in [0.29, 0.717) is 41.3 Å². The Kier molecular flexibility index (Phi) is 10.1. The number of methoxy groups -OCH3 is 3. The van der Waals surface area contributed by atoms with E-state index >= 15 is 0 Å². The van der Waals surface area contributed by atoms with E-state index in [-0.39, 0.29) is 23.3 Å². The van der Waals surface area contributed by atoms with Gasteiger partial charge in [-0.25, -0.2) is 0 Å². The van der Waals surface area contributed by atoms with Crippen LogP contribution in [-0.2, 0) is 16.0 Å². The second-order valence-corrected chi connectivity index (χ2v) is 11.0. The largest absolute Gasteiger partial charge is 0.493 e. The van der Waals surface area contributed by atoms with Crippen molar-refractivity contribution in [2.24, 2.45) is 0 Å². The molecule has 2 aromatic carbocycles. The summed E-state index contributed by atoms with van der Waals surface area (Å²) < 4.78 is 17.1. The predicted octanol–water partition coefficient (Wildman–Crippen LogP) is 4.89. The summed E-state index contributed by atoms with van der Waals surface area (Å²) in [6.07, 6.45) is 9.07. The third kappa shape index (κ3) is 6.94. The summed E-state index contributed by atoms with van der Waals surface area (Å²) in [5, 5.41) is 9.35. The van der Waals surface area contributed by atoms with Gasteiger partial charge in [0, 0.05) is 18.5 Å². The van der Waals surface area contributed by atoms with Gasteiger partial charge in [0.1, 0.15) is 6.04 Å². The van der Waals surface area contributed by atoms with E-state index in [1.807, 2.05) is 12.1 Å². The number of benzene rings is 1. The van der Waals surface area contributed by atoms with E-state index in [4.69, 9.17) is 14.2 Å². The quantitative estimate of drug-likeness (QED) is 0.417. The molecule has 4 rings (SSSR count). The van der Waals surface area contributed by atoms with Crippen molar-refractivity contribution >= 4 is 17.5 Å². The van der Waals surface area contributed by atoms with Gasteiger partial charge in [-0.05, 0) is 67.5 Å². The summed E-state index contributed by atoms with van der Waals surface area (Å²) in [4.78, 5) is 38.8. The van der Waals surface area contributed by atoms with Crippen LogP contribution >= 0.6 is 0 Å². The first-order chi connectivity index (χ1) is 19.8. The van der Waals surface area contributed by atoms with E-state index in [9.17, 15) is 14.4 Å². The lowest BCUT2D eigenvalue weighted by Crippen LogP contribution is -2.44. The minimum absolute atomic E-state index is 0.122. The molecule has 2 atom stereocenters. The molecule has 1 fully saturated rings. The van der Waals surface area contributed by atoms with Crippen LogP contribution in [0.25, 0.3) is 11.1 Å². The molecule has 9 nitrogen and oxygen atoms in total. The fraction of sp³-hybridized carbons (Fsp3) is 0.531. The van der Waals surface area contributed by atoms with Crippen LogP contribution in [0.2, 0.25) is 0 Å². The lowest BCUT2D eigenvalue weighted by Gasteiger charge is -2.23. The lowest BCUT2D eigenvalue weighted by molar-refractivity contribution is -0.122. The molecule has 0 radical (unpaired) electrons. The third-order valence-electron chi connectivity index (χ3n) is 8.13. The van der Waals surface area contributed by atoms with E-state index < -0.39 is 12.1 Å². The summed E-state index contributed by atoms with van der Waals surface area (Å²) in [6, 6.07) is 6.20. The normalized spacial score (nSPS) is 17.8. The predicted molar refractivity (Wildman–Crippen MR) is 160 cm³/mol. The zero-order valence-electron chi connectivity index (χ0n) is 24.9. The minimum atomic E-state index is -0.604. The number of hydrogen-bond acceptors (Lipinski definition) is 7. The van der Waals surface area contributed by atoms with Crippen LogP contribution in [0.4, 0.5) is 5.69 Å². The maximum Gasteiger partial charge on any atom is 0.242 e. The third-order valence-corrected chi connectivity index (χ3v) is 8.13. The van der Waals surface area contributed by atoms with Crippen molar-refractivity contribution < 1.29 is 23.8 Å². The molecule has 0 spiro atoms. The van der Waals surface area contributed by atoms with Gasteiger partial charge in [0.15, 0.2) is 11.5 Å². The van der Waals surface area contributed by atoms with Gasteiger partial charge in [0.2, 0.25) is 23.0 Å². The summed E-state index contributed by atoms with van der Waals surface area (Å²) in [5.41, 5.74) is 3.19. The number of nitrogens with one attached hydrogen (secondary N) is 3. The highest BCUT2D eigenvalue weighted by Crippen LogP contribution is 2.50. The molecular weight excluding hydrogens is 522 g/mol. The van der Waals surface area contributed by atoms with Gasteiger partial charge in [-0.3, -0.25) is 14.4 Å². The molecule has 2 aliphatic carbocycles. The topological polar surface area (TPSA) is 115 Å². The van der Waals surface area contributed by atoms with Crippen molar-refractivity contribution in [2.75, 3.05) is 26.6 Å². The molecule has 3 N–H and O–H groups in total. The van der Waals surface area contributed by atoms with E-state index in [1.165, 1.54) is 26.2 Å². The Morgan fingerprint density at radius 1 is 0.878 bits per heavy atom. The summed E-state index contributed by atoms with van der Waals surface area (Å²) >= 11 is 0. The molecule has 2 unspecified atom stereocenters. The summed E-state index contributed by atoms with van der Waals surface area (Å²) in [7, 11) is 4.69.